The summed E-state index contributed by atoms with van der Waals surface area (Å²) in [4.78, 5) is 14.3. The minimum Gasteiger partial charge on any atom is -0.355 e. The lowest BCUT2D eigenvalue weighted by molar-refractivity contribution is -0.122. The average molecular weight is 326 g/mol. The third kappa shape index (κ3) is 6.61. The molecule has 0 aromatic rings. The molecule has 0 spiro atoms. The first kappa shape index (κ1) is 20.0. The summed E-state index contributed by atoms with van der Waals surface area (Å²) in [6.45, 7) is 4.19. The number of hydrogen-bond acceptors (Lipinski definition) is 3. The summed E-state index contributed by atoms with van der Waals surface area (Å²) in [5.74, 6) is 0.599. The predicted molar refractivity (Wildman–Crippen MR) is 87.7 cm³/mol. The van der Waals surface area contributed by atoms with Gasteiger partial charge in [0.25, 0.3) is 0 Å². The molecule has 3 N–H and O–H groups in total. The van der Waals surface area contributed by atoms with Gasteiger partial charge in [0.2, 0.25) is 5.91 Å². The van der Waals surface area contributed by atoms with Gasteiger partial charge in [-0.25, -0.2) is 0 Å². The Hall–Kier alpha value is -0.0300. The Morgan fingerprint density at radius 1 is 1.10 bits per heavy atom. The largest absolute Gasteiger partial charge is 0.355 e. The lowest BCUT2D eigenvalue weighted by Crippen LogP contribution is -2.39. The van der Waals surface area contributed by atoms with Crippen molar-refractivity contribution in [1.82, 2.24) is 10.2 Å². The van der Waals surface area contributed by atoms with E-state index >= 15 is 0 Å². The number of nitrogens with one attached hydrogen (secondary N) is 1. The molecule has 0 bridgehead atoms. The van der Waals surface area contributed by atoms with Crippen LogP contribution >= 0.6 is 24.8 Å². The molecular formula is C14H29Cl2N3O. The molecule has 1 aliphatic carbocycles. The topological polar surface area (TPSA) is 58.4 Å². The van der Waals surface area contributed by atoms with Crippen molar-refractivity contribution in [1.29, 1.82) is 0 Å². The second kappa shape index (κ2) is 10.7. The van der Waals surface area contributed by atoms with Crippen LogP contribution in [0, 0.1) is 5.92 Å². The molecule has 120 valence electrons. The molecule has 1 amide bonds. The maximum absolute atomic E-state index is 11.8. The highest BCUT2D eigenvalue weighted by Crippen LogP contribution is 2.25. The highest BCUT2D eigenvalue weighted by atomic mass is 35.5. The third-order valence-corrected chi connectivity index (χ3v) is 4.36. The second-order valence-corrected chi connectivity index (χ2v) is 5.81. The molecule has 1 heterocycles. The van der Waals surface area contributed by atoms with Crippen molar-refractivity contribution in [3.05, 3.63) is 0 Å². The number of nitrogens with two attached hydrogens (primary N) is 1. The Morgan fingerprint density at radius 3 is 2.40 bits per heavy atom. The van der Waals surface area contributed by atoms with E-state index in [1.165, 1.54) is 38.8 Å². The number of nitrogens with zero attached hydrogens (tertiary/aromatic N) is 1. The van der Waals surface area contributed by atoms with Crippen LogP contribution in [0.5, 0.6) is 0 Å². The van der Waals surface area contributed by atoms with Crippen molar-refractivity contribution in [3.8, 4) is 0 Å². The van der Waals surface area contributed by atoms with Crippen molar-refractivity contribution >= 4 is 30.7 Å². The minimum atomic E-state index is 0. The van der Waals surface area contributed by atoms with Gasteiger partial charge >= 0.3 is 0 Å². The molecule has 2 atom stereocenters. The molecule has 0 aromatic carbocycles. The lowest BCUT2D eigenvalue weighted by Gasteiger charge is -2.28. The summed E-state index contributed by atoms with van der Waals surface area (Å²) >= 11 is 0. The third-order valence-electron chi connectivity index (χ3n) is 4.36. The first-order chi connectivity index (χ1) is 8.75. The van der Waals surface area contributed by atoms with E-state index in [1.54, 1.807) is 0 Å². The highest BCUT2D eigenvalue weighted by molar-refractivity contribution is 5.85. The number of likely N-dealkylation sites (tertiary alicyclic amines) is 1. The van der Waals surface area contributed by atoms with E-state index in [4.69, 9.17) is 5.73 Å². The van der Waals surface area contributed by atoms with Crippen molar-refractivity contribution in [2.45, 2.75) is 51.0 Å². The van der Waals surface area contributed by atoms with Gasteiger partial charge in [-0.1, -0.05) is 12.8 Å². The van der Waals surface area contributed by atoms with Crippen LogP contribution in [0.25, 0.3) is 0 Å². The number of carbonyl (C=O) groups is 1. The minimum absolute atomic E-state index is 0. The van der Waals surface area contributed by atoms with E-state index in [9.17, 15) is 4.79 Å². The van der Waals surface area contributed by atoms with E-state index in [-0.39, 0.29) is 36.8 Å². The van der Waals surface area contributed by atoms with Gasteiger partial charge in [-0.2, -0.15) is 0 Å². The summed E-state index contributed by atoms with van der Waals surface area (Å²) in [6, 6.07) is 0.239. The quantitative estimate of drug-likeness (QED) is 0.812. The fourth-order valence-electron chi connectivity index (χ4n) is 3.16. The molecule has 4 nitrogen and oxygen atoms in total. The molecule has 1 saturated carbocycles. The zero-order valence-corrected chi connectivity index (χ0v) is 13.8. The fraction of sp³-hybridized carbons (Fsp3) is 0.929. The standard InChI is InChI=1S/C14H27N3O.2ClH/c15-13-6-2-1-5-12(13)11-14(18)16-7-10-17-8-3-4-9-17;;/h12-13H,1-11,15H2,(H,16,18);2*1H. The summed E-state index contributed by atoms with van der Waals surface area (Å²) in [7, 11) is 0. The fourth-order valence-corrected chi connectivity index (χ4v) is 3.16. The summed E-state index contributed by atoms with van der Waals surface area (Å²) in [6.07, 6.45) is 7.93. The van der Waals surface area contributed by atoms with Crippen LogP contribution < -0.4 is 11.1 Å². The van der Waals surface area contributed by atoms with Crippen LogP contribution in [0.1, 0.15) is 44.9 Å². The number of halogens is 2. The summed E-state index contributed by atoms with van der Waals surface area (Å²) in [5.41, 5.74) is 6.07. The molecule has 2 rings (SSSR count). The van der Waals surface area contributed by atoms with Gasteiger partial charge in [-0.3, -0.25) is 4.79 Å². The molecule has 2 aliphatic rings. The van der Waals surface area contributed by atoms with E-state index in [0.29, 0.717) is 12.3 Å². The normalized spacial score (nSPS) is 26.4. The Bertz CT molecular complexity index is 273. The average Bonchev–Trinajstić information content (AvgIpc) is 2.85. The Balaban J connectivity index is 0.00000180. The maximum Gasteiger partial charge on any atom is 0.220 e. The zero-order chi connectivity index (χ0) is 12.8. The first-order valence-electron chi connectivity index (χ1n) is 7.50. The molecular weight excluding hydrogens is 297 g/mol. The number of amides is 1. The predicted octanol–water partition coefficient (Wildman–Crippen LogP) is 1.95. The van der Waals surface area contributed by atoms with E-state index in [0.717, 1.165) is 25.9 Å². The second-order valence-electron chi connectivity index (χ2n) is 5.81. The Morgan fingerprint density at radius 2 is 1.75 bits per heavy atom. The van der Waals surface area contributed by atoms with Crippen LogP contribution in [0.2, 0.25) is 0 Å². The van der Waals surface area contributed by atoms with Crippen molar-refractivity contribution in [3.63, 3.8) is 0 Å². The molecule has 20 heavy (non-hydrogen) atoms. The van der Waals surface area contributed by atoms with Crippen molar-refractivity contribution in [2.24, 2.45) is 11.7 Å². The van der Waals surface area contributed by atoms with Crippen LogP contribution in [0.15, 0.2) is 0 Å². The van der Waals surface area contributed by atoms with E-state index in [1.807, 2.05) is 0 Å². The summed E-state index contributed by atoms with van der Waals surface area (Å²) < 4.78 is 0. The van der Waals surface area contributed by atoms with Crippen LogP contribution in [0.4, 0.5) is 0 Å². The molecule has 1 aliphatic heterocycles. The molecule has 2 unspecified atom stereocenters. The SMILES string of the molecule is Cl.Cl.NC1CCCCC1CC(=O)NCCN1CCCC1. The smallest absolute Gasteiger partial charge is 0.220 e. The van der Waals surface area contributed by atoms with Crippen LogP contribution in [-0.4, -0.2) is 43.0 Å². The van der Waals surface area contributed by atoms with Gasteiger partial charge in [-0.05, 0) is 44.7 Å². The Labute approximate surface area is 135 Å². The Kier molecular flexibility index (Phi) is 10.6. The molecule has 0 radical (unpaired) electrons. The molecule has 1 saturated heterocycles. The van der Waals surface area contributed by atoms with Gasteiger partial charge in [0.15, 0.2) is 0 Å². The van der Waals surface area contributed by atoms with Gasteiger partial charge in [0, 0.05) is 25.6 Å². The van der Waals surface area contributed by atoms with Gasteiger partial charge in [0.05, 0.1) is 0 Å². The van der Waals surface area contributed by atoms with E-state index < -0.39 is 0 Å². The zero-order valence-electron chi connectivity index (χ0n) is 12.2. The van der Waals surface area contributed by atoms with Crippen LogP contribution in [0.3, 0.4) is 0 Å². The molecule has 6 heteroatoms. The van der Waals surface area contributed by atoms with Gasteiger partial charge < -0.3 is 16.0 Å². The van der Waals surface area contributed by atoms with E-state index in [2.05, 4.69) is 10.2 Å². The highest BCUT2D eigenvalue weighted by Gasteiger charge is 2.24. The number of hydrogen-bond donors (Lipinski definition) is 2. The van der Waals surface area contributed by atoms with Gasteiger partial charge in [0.1, 0.15) is 0 Å². The lowest BCUT2D eigenvalue weighted by atomic mass is 9.83. The molecule has 0 aromatic heterocycles. The number of carbonyl (C=O) groups excluding carboxylic acids is 1. The summed E-state index contributed by atoms with van der Waals surface area (Å²) in [5, 5.41) is 3.04. The first-order valence-corrected chi connectivity index (χ1v) is 7.50. The van der Waals surface area contributed by atoms with Crippen LogP contribution in [-0.2, 0) is 4.79 Å². The maximum atomic E-state index is 11.8. The molecule has 2 fully saturated rings. The monoisotopic (exact) mass is 325 g/mol. The van der Waals surface area contributed by atoms with Gasteiger partial charge in [-0.15, -0.1) is 24.8 Å². The van der Waals surface area contributed by atoms with Crippen molar-refractivity contribution < 1.29 is 4.79 Å². The van der Waals surface area contributed by atoms with Crippen molar-refractivity contribution in [2.75, 3.05) is 26.2 Å². The number of rotatable bonds is 5.